The van der Waals surface area contributed by atoms with Crippen molar-refractivity contribution in [3.63, 3.8) is 0 Å². The second kappa shape index (κ2) is 5.51. The lowest BCUT2D eigenvalue weighted by Crippen LogP contribution is -2.28. The molecule has 4 rings (SSSR count). The van der Waals surface area contributed by atoms with Gasteiger partial charge in [0.2, 0.25) is 10.0 Å². The summed E-state index contributed by atoms with van der Waals surface area (Å²) < 4.78 is 27.1. The number of hydrogen-bond donors (Lipinski definition) is 1. The Kier molecular flexibility index (Phi) is 3.47. The van der Waals surface area contributed by atoms with Crippen LogP contribution in [0.5, 0.6) is 0 Å². The van der Waals surface area contributed by atoms with E-state index >= 15 is 0 Å². The Morgan fingerprint density at radius 2 is 1.74 bits per heavy atom. The zero-order valence-electron chi connectivity index (χ0n) is 12.6. The van der Waals surface area contributed by atoms with E-state index in [-0.39, 0.29) is 5.92 Å². The van der Waals surface area contributed by atoms with Crippen molar-refractivity contribution >= 4 is 20.9 Å². The number of nitrogens with zero attached hydrogens (tertiary/aromatic N) is 1. The summed E-state index contributed by atoms with van der Waals surface area (Å²) in [6.45, 7) is 1.11. The van der Waals surface area contributed by atoms with Crippen molar-refractivity contribution in [2.75, 3.05) is 13.1 Å². The summed E-state index contributed by atoms with van der Waals surface area (Å²) in [4.78, 5) is 3.66. The number of sulfonamides is 1. The predicted molar refractivity (Wildman–Crippen MR) is 90.9 cm³/mol. The summed E-state index contributed by atoms with van der Waals surface area (Å²) in [5.74, 6) is 0.240. The molecule has 4 nitrogen and oxygen atoms in total. The molecule has 23 heavy (non-hydrogen) atoms. The Morgan fingerprint density at radius 3 is 2.57 bits per heavy atom. The van der Waals surface area contributed by atoms with Gasteiger partial charge in [0.15, 0.2) is 0 Å². The summed E-state index contributed by atoms with van der Waals surface area (Å²) in [7, 11) is -3.39. The lowest BCUT2D eigenvalue weighted by Gasteiger charge is -2.16. The topological polar surface area (TPSA) is 53.2 Å². The van der Waals surface area contributed by atoms with E-state index in [4.69, 9.17) is 0 Å². The Balaban J connectivity index is 1.62. The molecule has 1 aliphatic heterocycles. The van der Waals surface area contributed by atoms with Crippen LogP contribution in [0.4, 0.5) is 0 Å². The first-order chi connectivity index (χ1) is 11.2. The molecule has 5 heteroatoms. The Hall–Kier alpha value is -2.11. The van der Waals surface area contributed by atoms with Crippen LogP contribution in [-0.4, -0.2) is 30.8 Å². The van der Waals surface area contributed by atoms with Crippen LogP contribution in [0.3, 0.4) is 0 Å². The molecule has 0 saturated carbocycles. The molecule has 1 unspecified atom stereocenters. The summed E-state index contributed by atoms with van der Waals surface area (Å²) >= 11 is 0. The average Bonchev–Trinajstić information content (AvgIpc) is 3.22. The molecule has 1 fully saturated rings. The lowest BCUT2D eigenvalue weighted by molar-refractivity contribution is 0.473. The van der Waals surface area contributed by atoms with Crippen LogP contribution in [0.25, 0.3) is 10.9 Å². The standard InChI is InChI=1S/C18H18N2O2S/c21-23(22,15-6-2-1-3-7-15)20-11-10-14(13-20)17-12-19-18-9-5-4-8-16(17)18/h1-9,12,14,19H,10-11,13H2. The van der Waals surface area contributed by atoms with Gasteiger partial charge in [0.05, 0.1) is 4.90 Å². The van der Waals surface area contributed by atoms with Crippen molar-refractivity contribution in [2.45, 2.75) is 17.2 Å². The van der Waals surface area contributed by atoms with Crippen LogP contribution >= 0.6 is 0 Å². The third-order valence-electron chi connectivity index (χ3n) is 4.59. The summed E-state index contributed by atoms with van der Waals surface area (Å²) in [6.07, 6.45) is 2.88. The smallest absolute Gasteiger partial charge is 0.243 e. The first kappa shape index (κ1) is 14.5. The molecule has 1 atom stereocenters. The van der Waals surface area contributed by atoms with E-state index < -0.39 is 10.0 Å². The van der Waals surface area contributed by atoms with Crippen molar-refractivity contribution in [2.24, 2.45) is 0 Å². The molecule has 0 spiro atoms. The van der Waals surface area contributed by atoms with E-state index in [2.05, 4.69) is 11.1 Å². The lowest BCUT2D eigenvalue weighted by atomic mass is 9.98. The second-order valence-corrected chi connectivity index (χ2v) is 7.89. The van der Waals surface area contributed by atoms with E-state index in [1.54, 1.807) is 28.6 Å². The molecule has 1 saturated heterocycles. The highest BCUT2D eigenvalue weighted by Crippen LogP contribution is 2.34. The largest absolute Gasteiger partial charge is 0.361 e. The van der Waals surface area contributed by atoms with Crippen LogP contribution in [0.2, 0.25) is 0 Å². The number of hydrogen-bond acceptors (Lipinski definition) is 2. The SMILES string of the molecule is O=S(=O)(c1ccccc1)N1CCC(c2c[nH]c3ccccc23)C1. The number of para-hydroxylation sites is 1. The molecular weight excluding hydrogens is 308 g/mol. The monoisotopic (exact) mass is 326 g/mol. The first-order valence-electron chi connectivity index (χ1n) is 7.77. The van der Waals surface area contributed by atoms with E-state index in [0.717, 1.165) is 11.9 Å². The Labute approximate surface area is 135 Å². The number of aromatic amines is 1. The molecular formula is C18H18N2O2S. The van der Waals surface area contributed by atoms with Crippen molar-refractivity contribution in [3.05, 3.63) is 66.4 Å². The summed E-state index contributed by atoms with van der Waals surface area (Å²) in [5, 5.41) is 1.19. The molecule has 0 aliphatic carbocycles. The zero-order valence-corrected chi connectivity index (χ0v) is 13.5. The average molecular weight is 326 g/mol. The van der Waals surface area contributed by atoms with E-state index in [9.17, 15) is 8.42 Å². The summed E-state index contributed by atoms with van der Waals surface area (Å²) in [5.41, 5.74) is 2.32. The van der Waals surface area contributed by atoms with Crippen LogP contribution in [0, 0.1) is 0 Å². The third-order valence-corrected chi connectivity index (χ3v) is 6.47. The van der Waals surface area contributed by atoms with E-state index in [1.807, 2.05) is 30.5 Å². The Bertz CT molecular complexity index is 932. The third kappa shape index (κ3) is 2.46. The molecule has 3 aromatic rings. The molecule has 1 aliphatic rings. The van der Waals surface area contributed by atoms with Gasteiger partial charge in [0.25, 0.3) is 0 Å². The molecule has 1 N–H and O–H groups in total. The van der Waals surface area contributed by atoms with Crippen LogP contribution in [-0.2, 0) is 10.0 Å². The van der Waals surface area contributed by atoms with Gasteiger partial charge in [0, 0.05) is 36.1 Å². The fraction of sp³-hybridized carbons (Fsp3) is 0.222. The minimum absolute atomic E-state index is 0.240. The second-order valence-electron chi connectivity index (χ2n) is 5.95. The molecule has 118 valence electrons. The maximum Gasteiger partial charge on any atom is 0.243 e. The van der Waals surface area contributed by atoms with Gasteiger partial charge < -0.3 is 4.98 Å². The molecule has 2 heterocycles. The van der Waals surface area contributed by atoms with Gasteiger partial charge >= 0.3 is 0 Å². The fourth-order valence-electron chi connectivity index (χ4n) is 3.37. The highest BCUT2D eigenvalue weighted by molar-refractivity contribution is 7.89. The maximum absolute atomic E-state index is 12.7. The normalized spacial score (nSPS) is 19.4. The minimum atomic E-state index is -3.39. The van der Waals surface area contributed by atoms with Gasteiger partial charge in [-0.15, -0.1) is 0 Å². The molecule has 1 aromatic heterocycles. The van der Waals surface area contributed by atoms with Gasteiger partial charge in [0.1, 0.15) is 0 Å². The van der Waals surface area contributed by atoms with Crippen molar-refractivity contribution in [3.8, 4) is 0 Å². The Morgan fingerprint density at radius 1 is 1.00 bits per heavy atom. The quantitative estimate of drug-likeness (QED) is 0.802. The number of aromatic nitrogens is 1. The zero-order chi connectivity index (χ0) is 15.9. The molecule has 0 amide bonds. The number of benzene rings is 2. The fourth-order valence-corrected chi connectivity index (χ4v) is 4.89. The predicted octanol–water partition coefficient (Wildman–Crippen LogP) is 3.35. The number of H-pyrrole nitrogens is 1. The molecule has 2 aromatic carbocycles. The highest BCUT2D eigenvalue weighted by Gasteiger charge is 2.33. The summed E-state index contributed by atoms with van der Waals surface area (Å²) in [6, 6.07) is 16.8. The molecule has 0 radical (unpaired) electrons. The highest BCUT2D eigenvalue weighted by atomic mass is 32.2. The van der Waals surface area contributed by atoms with Crippen molar-refractivity contribution in [1.29, 1.82) is 0 Å². The first-order valence-corrected chi connectivity index (χ1v) is 9.21. The van der Waals surface area contributed by atoms with Gasteiger partial charge in [-0.1, -0.05) is 36.4 Å². The van der Waals surface area contributed by atoms with E-state index in [0.29, 0.717) is 18.0 Å². The molecule has 0 bridgehead atoms. The van der Waals surface area contributed by atoms with Crippen LogP contribution < -0.4 is 0 Å². The van der Waals surface area contributed by atoms with Crippen molar-refractivity contribution < 1.29 is 8.42 Å². The number of rotatable bonds is 3. The number of fused-ring (bicyclic) bond motifs is 1. The minimum Gasteiger partial charge on any atom is -0.361 e. The van der Waals surface area contributed by atoms with Crippen LogP contribution in [0.1, 0.15) is 17.9 Å². The van der Waals surface area contributed by atoms with Gasteiger partial charge in [-0.05, 0) is 30.2 Å². The maximum atomic E-state index is 12.7. The van der Waals surface area contributed by atoms with Crippen LogP contribution in [0.15, 0.2) is 65.7 Å². The van der Waals surface area contributed by atoms with Gasteiger partial charge in [-0.3, -0.25) is 0 Å². The van der Waals surface area contributed by atoms with Crippen molar-refractivity contribution in [1.82, 2.24) is 9.29 Å². The number of nitrogens with one attached hydrogen (secondary N) is 1. The van der Waals surface area contributed by atoms with Gasteiger partial charge in [-0.25, -0.2) is 8.42 Å². The van der Waals surface area contributed by atoms with Gasteiger partial charge in [-0.2, -0.15) is 4.31 Å². The van der Waals surface area contributed by atoms with E-state index in [1.165, 1.54) is 10.9 Å².